The van der Waals surface area contributed by atoms with Crippen molar-refractivity contribution in [2.24, 2.45) is 10.9 Å². The van der Waals surface area contributed by atoms with E-state index < -0.39 is 0 Å². The number of piperazine rings is 1. The van der Waals surface area contributed by atoms with E-state index in [0.29, 0.717) is 5.92 Å². The molecule has 6 heteroatoms. The average molecular weight is 413 g/mol. The number of nitrogens with one attached hydrogen (secondary N) is 3. The quantitative estimate of drug-likeness (QED) is 0.438. The molecule has 0 bridgehead atoms. The van der Waals surface area contributed by atoms with Crippen molar-refractivity contribution < 1.29 is 0 Å². The lowest BCUT2D eigenvalue weighted by Crippen LogP contribution is -2.47. The number of aliphatic imine (C=N–C) groups is 1. The van der Waals surface area contributed by atoms with Crippen molar-refractivity contribution in [1.82, 2.24) is 25.4 Å². The molecule has 0 radical (unpaired) electrons. The second kappa shape index (κ2) is 11.4. The molecule has 166 valence electrons. The second-order valence-corrected chi connectivity index (χ2v) is 8.60. The Morgan fingerprint density at radius 1 is 1.13 bits per heavy atom. The number of guanidine groups is 1. The van der Waals surface area contributed by atoms with Gasteiger partial charge in [0.2, 0.25) is 0 Å². The normalized spacial score (nSPS) is 17.4. The van der Waals surface area contributed by atoms with Crippen LogP contribution in [0.5, 0.6) is 0 Å². The Bertz CT molecular complexity index is 803. The topological polar surface area (TPSA) is 58.7 Å². The van der Waals surface area contributed by atoms with Gasteiger partial charge in [-0.05, 0) is 49.9 Å². The predicted molar refractivity (Wildman–Crippen MR) is 128 cm³/mol. The van der Waals surface area contributed by atoms with Gasteiger partial charge >= 0.3 is 0 Å². The maximum Gasteiger partial charge on any atom is 0.191 e. The monoisotopic (exact) mass is 412 g/mol. The Morgan fingerprint density at radius 3 is 2.63 bits per heavy atom. The Hall–Kier alpha value is -2.05. The lowest BCUT2D eigenvalue weighted by Gasteiger charge is -2.35. The van der Waals surface area contributed by atoms with Crippen LogP contribution in [0.1, 0.15) is 31.9 Å². The maximum atomic E-state index is 4.85. The molecule has 2 heterocycles. The lowest BCUT2D eigenvalue weighted by molar-refractivity contribution is 0.125. The highest BCUT2D eigenvalue weighted by molar-refractivity contribution is 5.84. The van der Waals surface area contributed by atoms with E-state index in [4.69, 9.17) is 4.99 Å². The highest BCUT2D eigenvalue weighted by Gasteiger charge is 2.17. The van der Waals surface area contributed by atoms with Crippen LogP contribution in [-0.2, 0) is 6.42 Å². The molecule has 1 aromatic heterocycles. The summed E-state index contributed by atoms with van der Waals surface area (Å²) < 4.78 is 0. The van der Waals surface area contributed by atoms with Gasteiger partial charge in [0.1, 0.15) is 0 Å². The zero-order valence-corrected chi connectivity index (χ0v) is 19.3. The Morgan fingerprint density at radius 2 is 1.90 bits per heavy atom. The molecule has 1 unspecified atom stereocenters. The zero-order chi connectivity index (χ0) is 21.3. The average Bonchev–Trinajstić information content (AvgIpc) is 3.14. The van der Waals surface area contributed by atoms with Crippen molar-refractivity contribution in [3.8, 4) is 0 Å². The number of hydrogen-bond acceptors (Lipinski definition) is 3. The predicted octanol–water partition coefficient (Wildman–Crippen LogP) is 2.85. The number of aryl methyl sites for hydroxylation is 1. The molecule has 1 aliphatic rings. The minimum absolute atomic E-state index is 0.561. The molecule has 0 amide bonds. The molecule has 0 saturated carbocycles. The minimum atomic E-state index is 0.561. The van der Waals surface area contributed by atoms with Crippen molar-refractivity contribution >= 4 is 16.9 Å². The summed E-state index contributed by atoms with van der Waals surface area (Å²) in [4.78, 5) is 13.4. The number of rotatable bonds is 9. The number of nitrogens with zero attached hydrogens (tertiary/aromatic N) is 3. The summed E-state index contributed by atoms with van der Waals surface area (Å²) in [7, 11) is 0. The summed E-state index contributed by atoms with van der Waals surface area (Å²) in [6.45, 7) is 18.5. The van der Waals surface area contributed by atoms with Crippen molar-refractivity contribution in [2.45, 2.75) is 34.1 Å². The van der Waals surface area contributed by atoms with Crippen molar-refractivity contribution in [1.29, 1.82) is 0 Å². The number of aromatic nitrogens is 1. The van der Waals surface area contributed by atoms with Gasteiger partial charge in [-0.1, -0.05) is 26.0 Å². The minimum Gasteiger partial charge on any atom is -0.361 e. The van der Waals surface area contributed by atoms with Crippen LogP contribution in [0, 0.1) is 12.8 Å². The third-order valence-electron chi connectivity index (χ3n) is 6.00. The summed E-state index contributed by atoms with van der Waals surface area (Å²) in [6, 6.07) is 6.61. The molecule has 6 nitrogen and oxygen atoms in total. The van der Waals surface area contributed by atoms with E-state index in [1.54, 1.807) is 0 Å². The van der Waals surface area contributed by atoms with Gasteiger partial charge < -0.3 is 25.4 Å². The Labute approximate surface area is 182 Å². The van der Waals surface area contributed by atoms with Crippen molar-refractivity contribution in [2.75, 3.05) is 58.9 Å². The first-order chi connectivity index (χ1) is 14.6. The molecule has 2 aromatic rings. The van der Waals surface area contributed by atoms with Gasteiger partial charge in [0.25, 0.3) is 0 Å². The van der Waals surface area contributed by atoms with Crippen LogP contribution in [0.25, 0.3) is 10.9 Å². The van der Waals surface area contributed by atoms with Crippen LogP contribution >= 0.6 is 0 Å². The Kier molecular flexibility index (Phi) is 8.58. The van der Waals surface area contributed by atoms with Crippen LogP contribution in [0.3, 0.4) is 0 Å². The zero-order valence-electron chi connectivity index (χ0n) is 19.3. The molecule has 1 fully saturated rings. The van der Waals surface area contributed by atoms with E-state index in [1.165, 1.54) is 54.8 Å². The molecule has 1 atom stereocenters. The van der Waals surface area contributed by atoms with E-state index in [2.05, 4.69) is 77.5 Å². The van der Waals surface area contributed by atoms with E-state index in [-0.39, 0.29) is 0 Å². The molecule has 0 aliphatic carbocycles. The largest absolute Gasteiger partial charge is 0.361 e. The van der Waals surface area contributed by atoms with Gasteiger partial charge in [0, 0.05) is 69.5 Å². The van der Waals surface area contributed by atoms with Crippen molar-refractivity contribution in [3.05, 3.63) is 35.5 Å². The fraction of sp³-hybridized carbons (Fsp3) is 0.625. The van der Waals surface area contributed by atoms with E-state index in [9.17, 15) is 0 Å². The highest BCUT2D eigenvalue weighted by Crippen LogP contribution is 2.19. The first-order valence-electron chi connectivity index (χ1n) is 11.6. The number of H-pyrrole nitrogens is 1. The van der Waals surface area contributed by atoms with Crippen LogP contribution in [0.2, 0.25) is 0 Å². The SMILES string of the molecule is CCNC(=NCC(C)CN1CCN(CC)CC1)NCCc1c[nH]c2cc(C)ccc12. The number of fused-ring (bicyclic) bond motifs is 1. The fourth-order valence-corrected chi connectivity index (χ4v) is 4.20. The van der Waals surface area contributed by atoms with Crippen LogP contribution < -0.4 is 10.6 Å². The molecule has 30 heavy (non-hydrogen) atoms. The molecule has 3 N–H and O–H groups in total. The van der Waals surface area contributed by atoms with Crippen LogP contribution in [0.15, 0.2) is 29.4 Å². The van der Waals surface area contributed by atoms with Gasteiger partial charge in [0.05, 0.1) is 0 Å². The number of hydrogen-bond donors (Lipinski definition) is 3. The molecular weight excluding hydrogens is 372 g/mol. The number of benzene rings is 1. The summed E-state index contributed by atoms with van der Waals surface area (Å²) in [5.74, 6) is 1.49. The second-order valence-electron chi connectivity index (χ2n) is 8.60. The summed E-state index contributed by atoms with van der Waals surface area (Å²) >= 11 is 0. The van der Waals surface area contributed by atoms with Crippen molar-refractivity contribution in [3.63, 3.8) is 0 Å². The van der Waals surface area contributed by atoms with Gasteiger partial charge in [0.15, 0.2) is 5.96 Å². The number of aromatic amines is 1. The summed E-state index contributed by atoms with van der Waals surface area (Å²) in [6.07, 6.45) is 3.11. The van der Waals surface area contributed by atoms with Gasteiger partial charge in [-0.15, -0.1) is 0 Å². The van der Waals surface area contributed by atoms with Gasteiger partial charge in [-0.3, -0.25) is 4.99 Å². The number of likely N-dealkylation sites (N-methyl/N-ethyl adjacent to an activating group) is 1. The van der Waals surface area contributed by atoms with E-state index in [1.807, 2.05) is 0 Å². The van der Waals surface area contributed by atoms with Gasteiger partial charge in [-0.25, -0.2) is 0 Å². The molecular formula is C24H40N6. The Balaban J connectivity index is 1.45. The fourth-order valence-electron chi connectivity index (χ4n) is 4.20. The smallest absolute Gasteiger partial charge is 0.191 e. The van der Waals surface area contributed by atoms with E-state index in [0.717, 1.165) is 38.6 Å². The maximum absolute atomic E-state index is 4.85. The third kappa shape index (κ3) is 6.47. The molecule has 1 aromatic carbocycles. The first kappa shape index (κ1) is 22.6. The molecule has 0 spiro atoms. The van der Waals surface area contributed by atoms with Crippen LogP contribution in [-0.4, -0.2) is 79.6 Å². The lowest BCUT2D eigenvalue weighted by atomic mass is 10.1. The molecule has 3 rings (SSSR count). The summed E-state index contributed by atoms with van der Waals surface area (Å²) in [5, 5.41) is 8.22. The molecule has 1 saturated heterocycles. The first-order valence-corrected chi connectivity index (χ1v) is 11.6. The summed E-state index contributed by atoms with van der Waals surface area (Å²) in [5.41, 5.74) is 3.86. The molecule has 1 aliphatic heterocycles. The van der Waals surface area contributed by atoms with E-state index >= 15 is 0 Å². The third-order valence-corrected chi connectivity index (χ3v) is 6.00. The highest BCUT2D eigenvalue weighted by atomic mass is 15.3. The van der Waals surface area contributed by atoms with Crippen LogP contribution in [0.4, 0.5) is 0 Å². The standard InChI is InChI=1S/C24H40N6/c1-5-25-24(28-16-20(4)18-30-13-11-29(6-2)12-14-30)26-10-9-21-17-27-23-15-19(3)7-8-22(21)23/h7-8,15,17,20,27H,5-6,9-14,16,18H2,1-4H3,(H2,25,26,28). The van der Waals surface area contributed by atoms with Gasteiger partial charge in [-0.2, -0.15) is 0 Å².